The highest BCUT2D eigenvalue weighted by Crippen LogP contribution is 2.36. The summed E-state index contributed by atoms with van der Waals surface area (Å²) in [6.07, 6.45) is 0.419. The maximum absolute atomic E-state index is 13.1. The van der Waals surface area contributed by atoms with E-state index in [9.17, 15) is 22.8 Å². The van der Waals surface area contributed by atoms with Gasteiger partial charge >= 0.3 is 18.2 Å². The van der Waals surface area contributed by atoms with Crippen molar-refractivity contribution in [1.29, 1.82) is 0 Å². The fraction of sp³-hybridized carbons (Fsp3) is 0.250. The molecule has 4 N–H and O–H groups in total. The molecule has 13 heteroatoms. The average molecular weight is 586 g/mol. The molecule has 0 radical (unpaired) electrons. The van der Waals surface area contributed by atoms with Crippen molar-refractivity contribution in [2.75, 3.05) is 49.9 Å². The van der Waals surface area contributed by atoms with Crippen LogP contribution < -0.4 is 21.3 Å². The summed E-state index contributed by atoms with van der Waals surface area (Å²) < 4.78 is 40.9. The van der Waals surface area contributed by atoms with Gasteiger partial charge in [-0.1, -0.05) is 23.7 Å². The molecular formula is C28H27ClF3N7O2. The van der Waals surface area contributed by atoms with E-state index in [1.165, 1.54) is 6.07 Å². The number of rotatable bonds is 6. The number of urea groups is 1. The van der Waals surface area contributed by atoms with E-state index in [1.807, 2.05) is 0 Å². The fourth-order valence-electron chi connectivity index (χ4n) is 4.66. The van der Waals surface area contributed by atoms with Gasteiger partial charge in [0, 0.05) is 80.2 Å². The maximum atomic E-state index is 13.1. The predicted molar refractivity (Wildman–Crippen MR) is 152 cm³/mol. The van der Waals surface area contributed by atoms with Gasteiger partial charge in [0.05, 0.1) is 16.1 Å². The standard InChI is InChI=1S/C28H27ClF3N7O2/c29-24-6-5-20(15-23(24)28(30,31)32)37-26(40)36-19-3-1-18(2-4-19)22-17-39(25-7-8-34-16-21(22)25)27(41)35-11-14-38-12-9-33-10-13-38/h1-8,15-17,33H,9-14H2,(H,35,41)(H2,36,37,40). The summed E-state index contributed by atoms with van der Waals surface area (Å²) in [7, 11) is 0. The van der Waals surface area contributed by atoms with E-state index in [4.69, 9.17) is 11.6 Å². The van der Waals surface area contributed by atoms with Crippen molar-refractivity contribution < 1.29 is 22.8 Å². The lowest BCUT2D eigenvalue weighted by molar-refractivity contribution is -0.137. The largest absolute Gasteiger partial charge is 0.417 e. The van der Waals surface area contributed by atoms with E-state index in [1.54, 1.807) is 53.5 Å². The quantitative estimate of drug-likeness (QED) is 0.240. The number of carbonyl (C=O) groups excluding carboxylic acids is 2. The molecule has 0 aliphatic carbocycles. The van der Waals surface area contributed by atoms with Crippen molar-refractivity contribution >= 4 is 45.9 Å². The highest BCUT2D eigenvalue weighted by atomic mass is 35.5. The summed E-state index contributed by atoms with van der Waals surface area (Å²) in [5.74, 6) is 0. The number of pyridine rings is 1. The van der Waals surface area contributed by atoms with Crippen LogP contribution in [0.25, 0.3) is 22.0 Å². The summed E-state index contributed by atoms with van der Waals surface area (Å²) in [4.78, 5) is 32.0. The minimum Gasteiger partial charge on any atom is -0.336 e. The number of nitrogens with zero attached hydrogens (tertiary/aromatic N) is 3. The summed E-state index contributed by atoms with van der Waals surface area (Å²) >= 11 is 5.64. The zero-order chi connectivity index (χ0) is 29.0. The predicted octanol–water partition coefficient (Wildman–Crippen LogP) is 5.48. The summed E-state index contributed by atoms with van der Waals surface area (Å²) in [6, 6.07) is 10.8. The highest BCUT2D eigenvalue weighted by molar-refractivity contribution is 6.31. The molecule has 0 unspecified atom stereocenters. The number of halogens is 4. The van der Waals surface area contributed by atoms with Crippen LogP contribution in [0.2, 0.25) is 5.02 Å². The molecule has 2 aromatic heterocycles. The van der Waals surface area contributed by atoms with Gasteiger partial charge in [-0.05, 0) is 42.0 Å². The SMILES string of the molecule is O=C(Nc1ccc(-c2cn(C(=O)NCCN3CCNCC3)c3ccncc23)cc1)Nc1ccc(Cl)c(C(F)(F)F)c1. The molecule has 1 saturated heterocycles. The van der Waals surface area contributed by atoms with Gasteiger partial charge in [-0.25, -0.2) is 9.59 Å². The Kier molecular flexibility index (Phi) is 8.43. The number of alkyl halides is 3. The first-order valence-electron chi connectivity index (χ1n) is 12.9. The molecule has 4 aromatic rings. The van der Waals surface area contributed by atoms with Crippen LogP contribution in [0.15, 0.2) is 67.1 Å². The first kappa shape index (κ1) is 28.4. The van der Waals surface area contributed by atoms with Crippen molar-refractivity contribution in [3.63, 3.8) is 0 Å². The van der Waals surface area contributed by atoms with E-state index in [0.29, 0.717) is 17.7 Å². The fourth-order valence-corrected chi connectivity index (χ4v) is 4.88. The number of amides is 3. The van der Waals surface area contributed by atoms with E-state index in [-0.39, 0.29) is 11.7 Å². The lowest BCUT2D eigenvalue weighted by Gasteiger charge is -2.27. The number of piperazine rings is 1. The Morgan fingerprint density at radius 1 is 1.00 bits per heavy atom. The monoisotopic (exact) mass is 585 g/mol. The van der Waals surface area contributed by atoms with Gasteiger partial charge in [-0.15, -0.1) is 0 Å². The number of anilines is 2. The number of aromatic nitrogens is 2. The van der Waals surface area contributed by atoms with Crippen LogP contribution in [0.5, 0.6) is 0 Å². The third-order valence-corrected chi connectivity index (χ3v) is 7.05. The van der Waals surface area contributed by atoms with Gasteiger partial charge in [-0.3, -0.25) is 14.5 Å². The lowest BCUT2D eigenvalue weighted by Crippen LogP contribution is -2.46. The molecule has 1 fully saturated rings. The topological polar surface area (TPSA) is 103 Å². The minimum atomic E-state index is -4.65. The number of nitrogens with one attached hydrogen (secondary N) is 4. The molecule has 0 bridgehead atoms. The number of carbonyl (C=O) groups is 2. The molecule has 1 aliphatic heterocycles. The minimum absolute atomic E-state index is 0.0534. The Hall–Kier alpha value is -4.13. The zero-order valence-corrected chi connectivity index (χ0v) is 22.5. The summed E-state index contributed by atoms with van der Waals surface area (Å²) in [5, 5.41) is 11.6. The van der Waals surface area contributed by atoms with Crippen LogP contribution in [0.3, 0.4) is 0 Å². The molecule has 3 heterocycles. The Balaban J connectivity index is 1.26. The Labute approximate surface area is 238 Å². The Bertz CT molecular complexity index is 1550. The molecule has 2 aromatic carbocycles. The molecule has 9 nitrogen and oxygen atoms in total. The zero-order valence-electron chi connectivity index (χ0n) is 21.8. The molecule has 1 aliphatic rings. The number of fused-ring (bicyclic) bond motifs is 1. The Morgan fingerprint density at radius 3 is 2.44 bits per heavy atom. The van der Waals surface area contributed by atoms with Crippen molar-refractivity contribution in [2.24, 2.45) is 0 Å². The van der Waals surface area contributed by atoms with Crippen molar-refractivity contribution in [2.45, 2.75) is 6.18 Å². The van der Waals surface area contributed by atoms with Gasteiger partial charge < -0.3 is 21.3 Å². The van der Waals surface area contributed by atoms with E-state index >= 15 is 0 Å². The van der Waals surface area contributed by atoms with Gasteiger partial charge in [0.25, 0.3) is 0 Å². The molecule has 41 heavy (non-hydrogen) atoms. The van der Waals surface area contributed by atoms with Gasteiger partial charge in [0.1, 0.15) is 0 Å². The molecular weight excluding hydrogens is 559 g/mol. The van der Waals surface area contributed by atoms with Crippen molar-refractivity contribution in [1.82, 2.24) is 25.1 Å². The normalized spacial score (nSPS) is 14.1. The average Bonchev–Trinajstić information content (AvgIpc) is 3.34. The van der Waals surface area contributed by atoms with Gasteiger partial charge in [0.2, 0.25) is 0 Å². The molecule has 0 saturated carbocycles. The number of hydrogen-bond acceptors (Lipinski definition) is 5. The van der Waals surface area contributed by atoms with E-state index in [0.717, 1.165) is 61.4 Å². The summed E-state index contributed by atoms with van der Waals surface area (Å²) in [6.45, 7) is 5.07. The second kappa shape index (κ2) is 12.2. The van der Waals surface area contributed by atoms with Crippen LogP contribution in [0, 0.1) is 0 Å². The van der Waals surface area contributed by atoms with Gasteiger partial charge in [0.15, 0.2) is 0 Å². The van der Waals surface area contributed by atoms with E-state index in [2.05, 4.69) is 31.2 Å². The molecule has 0 atom stereocenters. The smallest absolute Gasteiger partial charge is 0.336 e. The molecule has 0 spiro atoms. The lowest BCUT2D eigenvalue weighted by atomic mass is 10.1. The molecule has 3 amide bonds. The van der Waals surface area contributed by atoms with Crippen LogP contribution >= 0.6 is 11.6 Å². The first-order valence-corrected chi connectivity index (χ1v) is 13.3. The first-order chi connectivity index (χ1) is 19.7. The van der Waals surface area contributed by atoms with Gasteiger partial charge in [-0.2, -0.15) is 13.2 Å². The van der Waals surface area contributed by atoms with Crippen LogP contribution in [0.1, 0.15) is 5.56 Å². The highest BCUT2D eigenvalue weighted by Gasteiger charge is 2.33. The number of benzene rings is 2. The second-order valence-electron chi connectivity index (χ2n) is 9.48. The van der Waals surface area contributed by atoms with Crippen molar-refractivity contribution in [3.8, 4) is 11.1 Å². The molecule has 5 rings (SSSR count). The van der Waals surface area contributed by atoms with Crippen LogP contribution in [-0.2, 0) is 6.18 Å². The van der Waals surface area contributed by atoms with Crippen LogP contribution in [0.4, 0.5) is 34.1 Å². The van der Waals surface area contributed by atoms with E-state index < -0.39 is 22.8 Å². The number of hydrogen-bond donors (Lipinski definition) is 4. The Morgan fingerprint density at radius 2 is 1.71 bits per heavy atom. The third-order valence-electron chi connectivity index (χ3n) is 6.72. The summed E-state index contributed by atoms with van der Waals surface area (Å²) in [5.41, 5.74) is 1.60. The van der Waals surface area contributed by atoms with Crippen LogP contribution in [-0.4, -0.2) is 65.8 Å². The maximum Gasteiger partial charge on any atom is 0.417 e. The van der Waals surface area contributed by atoms with Crippen molar-refractivity contribution in [3.05, 3.63) is 77.7 Å². The second-order valence-corrected chi connectivity index (χ2v) is 9.89. The third kappa shape index (κ3) is 6.79. The molecule has 214 valence electrons.